The zero-order valence-corrected chi connectivity index (χ0v) is 8.69. The topological polar surface area (TPSA) is 69.4 Å². The number of primary amides is 1. The number of Topliss-reactive ketones (excluding diaryl/α,β-unsaturated/α-hetero) is 1. The van der Waals surface area contributed by atoms with Crippen LogP contribution in [0, 0.1) is 0 Å². The first-order chi connectivity index (χ1) is 7.00. The van der Waals surface area contributed by atoms with Crippen molar-refractivity contribution in [3.63, 3.8) is 0 Å². The Balaban J connectivity index is 2.82. The Kier molecular flexibility index (Phi) is 3.44. The normalized spacial score (nSPS) is 11.9. The van der Waals surface area contributed by atoms with E-state index in [4.69, 9.17) is 10.5 Å². The van der Waals surface area contributed by atoms with E-state index in [1.54, 1.807) is 25.1 Å². The summed E-state index contributed by atoms with van der Waals surface area (Å²) in [7, 11) is 0. The molecule has 0 fully saturated rings. The molecule has 4 nitrogen and oxygen atoms in total. The molecule has 0 saturated carbocycles. The summed E-state index contributed by atoms with van der Waals surface area (Å²) in [5, 5.41) is 0. The minimum absolute atomic E-state index is 0.0699. The van der Waals surface area contributed by atoms with E-state index in [1.807, 2.05) is 0 Å². The summed E-state index contributed by atoms with van der Waals surface area (Å²) in [6, 6.07) is 6.43. The van der Waals surface area contributed by atoms with Crippen molar-refractivity contribution in [2.24, 2.45) is 5.73 Å². The highest BCUT2D eigenvalue weighted by Gasteiger charge is 2.09. The molecule has 0 spiro atoms. The van der Waals surface area contributed by atoms with E-state index < -0.39 is 12.0 Å². The molecule has 0 bridgehead atoms. The fourth-order valence-corrected chi connectivity index (χ4v) is 1.01. The molecule has 1 amide bonds. The summed E-state index contributed by atoms with van der Waals surface area (Å²) in [6.07, 6.45) is -0.520. The van der Waals surface area contributed by atoms with Gasteiger partial charge in [0.2, 0.25) is 5.91 Å². The maximum Gasteiger partial charge on any atom is 0.248 e. The van der Waals surface area contributed by atoms with Crippen LogP contribution in [0.5, 0.6) is 5.75 Å². The lowest BCUT2D eigenvalue weighted by Crippen LogP contribution is -2.21. The van der Waals surface area contributed by atoms with Crippen LogP contribution >= 0.6 is 0 Å². The lowest BCUT2D eigenvalue weighted by Gasteiger charge is -2.11. The van der Waals surface area contributed by atoms with Crippen LogP contribution in [0.2, 0.25) is 0 Å². The molecule has 1 aromatic rings. The quantitative estimate of drug-likeness (QED) is 0.804. The number of hydrogen-bond acceptors (Lipinski definition) is 3. The summed E-state index contributed by atoms with van der Waals surface area (Å²) >= 11 is 0. The van der Waals surface area contributed by atoms with Crippen molar-refractivity contribution in [2.45, 2.75) is 20.0 Å². The number of carbonyl (C=O) groups excluding carboxylic acids is 2. The van der Waals surface area contributed by atoms with Crippen molar-refractivity contribution in [1.82, 2.24) is 0 Å². The molecule has 0 heterocycles. The van der Waals surface area contributed by atoms with Gasteiger partial charge in [0.1, 0.15) is 5.75 Å². The van der Waals surface area contributed by atoms with E-state index in [-0.39, 0.29) is 5.78 Å². The van der Waals surface area contributed by atoms with Crippen molar-refractivity contribution in [3.8, 4) is 5.75 Å². The van der Waals surface area contributed by atoms with Crippen LogP contribution in [0.15, 0.2) is 24.3 Å². The molecule has 1 atom stereocenters. The van der Waals surface area contributed by atoms with Gasteiger partial charge in [0, 0.05) is 5.56 Å². The number of ketones is 1. The third-order valence-electron chi connectivity index (χ3n) is 2.00. The SMILES string of the molecule is CC(=O)C(C)Oc1cccc(C(N)=O)c1. The molecule has 1 rings (SSSR count). The summed E-state index contributed by atoms with van der Waals surface area (Å²) in [5.74, 6) is -0.121. The fraction of sp³-hybridized carbons (Fsp3) is 0.273. The van der Waals surface area contributed by atoms with Crippen LogP contribution in [-0.4, -0.2) is 17.8 Å². The third kappa shape index (κ3) is 3.09. The van der Waals surface area contributed by atoms with Gasteiger partial charge in [-0.25, -0.2) is 0 Å². The lowest BCUT2D eigenvalue weighted by atomic mass is 10.2. The second kappa shape index (κ2) is 4.59. The summed E-state index contributed by atoms with van der Waals surface area (Å²) in [5.41, 5.74) is 5.48. The highest BCUT2D eigenvalue weighted by atomic mass is 16.5. The van der Waals surface area contributed by atoms with Crippen molar-refractivity contribution in [2.75, 3.05) is 0 Å². The molecule has 0 radical (unpaired) electrons. The molecule has 0 aliphatic rings. The standard InChI is InChI=1S/C11H13NO3/c1-7(13)8(2)15-10-5-3-4-9(6-10)11(12)14/h3-6,8H,1-2H3,(H2,12,14). The zero-order valence-electron chi connectivity index (χ0n) is 8.69. The van der Waals surface area contributed by atoms with Crippen molar-refractivity contribution in [1.29, 1.82) is 0 Å². The molecule has 0 aliphatic heterocycles. The molecule has 4 heteroatoms. The second-order valence-electron chi connectivity index (χ2n) is 3.26. The first-order valence-electron chi connectivity index (χ1n) is 4.57. The Morgan fingerprint density at radius 3 is 2.60 bits per heavy atom. The summed E-state index contributed by atoms with van der Waals surface area (Å²) < 4.78 is 5.31. The van der Waals surface area contributed by atoms with Crippen LogP contribution in [-0.2, 0) is 4.79 Å². The Morgan fingerprint density at radius 2 is 2.07 bits per heavy atom. The maximum atomic E-state index is 11.0. The first kappa shape index (κ1) is 11.2. The monoisotopic (exact) mass is 207 g/mol. The van der Waals surface area contributed by atoms with Gasteiger partial charge in [-0.15, -0.1) is 0 Å². The summed E-state index contributed by atoms with van der Waals surface area (Å²) in [4.78, 5) is 21.8. The van der Waals surface area contributed by atoms with E-state index >= 15 is 0 Å². The minimum atomic E-state index is -0.520. The van der Waals surface area contributed by atoms with Gasteiger partial charge in [0.15, 0.2) is 11.9 Å². The highest BCUT2D eigenvalue weighted by molar-refractivity contribution is 5.93. The molecule has 0 aliphatic carbocycles. The number of rotatable bonds is 4. The Labute approximate surface area is 88.0 Å². The van der Waals surface area contributed by atoms with Gasteiger partial charge in [0.25, 0.3) is 0 Å². The van der Waals surface area contributed by atoms with Crippen molar-refractivity contribution in [3.05, 3.63) is 29.8 Å². The van der Waals surface area contributed by atoms with Crippen molar-refractivity contribution >= 4 is 11.7 Å². The average Bonchev–Trinajstić information content (AvgIpc) is 2.18. The molecule has 1 aromatic carbocycles. The molecule has 2 N–H and O–H groups in total. The number of nitrogens with two attached hydrogens (primary N) is 1. The summed E-state index contributed by atoms with van der Waals surface area (Å²) in [6.45, 7) is 3.10. The van der Waals surface area contributed by atoms with E-state index in [2.05, 4.69) is 0 Å². The van der Waals surface area contributed by atoms with Crippen molar-refractivity contribution < 1.29 is 14.3 Å². The maximum absolute atomic E-state index is 11.0. The highest BCUT2D eigenvalue weighted by Crippen LogP contribution is 2.14. The zero-order chi connectivity index (χ0) is 11.4. The van der Waals surface area contributed by atoms with Crippen LogP contribution in [0.25, 0.3) is 0 Å². The van der Waals surface area contributed by atoms with E-state index in [9.17, 15) is 9.59 Å². The molecular formula is C11H13NO3. The van der Waals surface area contributed by atoms with E-state index in [0.717, 1.165) is 0 Å². The molecule has 0 aromatic heterocycles. The largest absolute Gasteiger partial charge is 0.483 e. The third-order valence-corrected chi connectivity index (χ3v) is 2.00. The van der Waals surface area contributed by atoms with Gasteiger partial charge in [-0.2, -0.15) is 0 Å². The first-order valence-corrected chi connectivity index (χ1v) is 4.57. The number of amides is 1. The Bertz CT molecular complexity index is 387. The van der Waals surface area contributed by atoms with E-state index in [0.29, 0.717) is 11.3 Å². The van der Waals surface area contributed by atoms with Gasteiger partial charge in [-0.3, -0.25) is 9.59 Å². The van der Waals surface area contributed by atoms with Crippen LogP contribution < -0.4 is 10.5 Å². The predicted octanol–water partition coefficient (Wildman–Crippen LogP) is 1.14. The van der Waals surface area contributed by atoms with Gasteiger partial charge >= 0.3 is 0 Å². The molecule has 1 unspecified atom stereocenters. The average molecular weight is 207 g/mol. The van der Waals surface area contributed by atoms with Gasteiger partial charge in [0.05, 0.1) is 0 Å². The number of hydrogen-bond donors (Lipinski definition) is 1. The minimum Gasteiger partial charge on any atom is -0.483 e. The number of carbonyl (C=O) groups is 2. The second-order valence-corrected chi connectivity index (χ2v) is 3.26. The predicted molar refractivity (Wildman–Crippen MR) is 55.7 cm³/mol. The van der Waals surface area contributed by atoms with Gasteiger partial charge in [-0.05, 0) is 32.0 Å². The van der Waals surface area contributed by atoms with Crippen LogP contribution in [0.3, 0.4) is 0 Å². The van der Waals surface area contributed by atoms with E-state index in [1.165, 1.54) is 13.0 Å². The molecular weight excluding hydrogens is 194 g/mol. The number of ether oxygens (including phenoxy) is 1. The smallest absolute Gasteiger partial charge is 0.248 e. The van der Waals surface area contributed by atoms with Crippen LogP contribution in [0.1, 0.15) is 24.2 Å². The lowest BCUT2D eigenvalue weighted by molar-refractivity contribution is -0.122. The molecule has 15 heavy (non-hydrogen) atoms. The fourth-order valence-electron chi connectivity index (χ4n) is 1.01. The van der Waals surface area contributed by atoms with Gasteiger partial charge < -0.3 is 10.5 Å². The Hall–Kier alpha value is -1.84. The van der Waals surface area contributed by atoms with Crippen LogP contribution in [0.4, 0.5) is 0 Å². The molecule has 80 valence electrons. The Morgan fingerprint density at radius 1 is 1.40 bits per heavy atom. The number of benzene rings is 1. The molecule has 0 saturated heterocycles. The van der Waals surface area contributed by atoms with Gasteiger partial charge in [-0.1, -0.05) is 6.07 Å².